The van der Waals surface area contributed by atoms with Gasteiger partial charge >= 0.3 is 7.12 Å². The first-order chi connectivity index (χ1) is 4.84. The van der Waals surface area contributed by atoms with Crippen molar-refractivity contribution < 1.29 is 9.68 Å². The maximum absolute atomic E-state index is 9.04. The highest BCUT2D eigenvalue weighted by Gasteiger charge is 2.14. The lowest BCUT2D eigenvalue weighted by Gasteiger charge is -1.99. The molecule has 52 valence electrons. The van der Waals surface area contributed by atoms with E-state index in [9.17, 15) is 0 Å². The summed E-state index contributed by atoms with van der Waals surface area (Å²) >= 11 is 0. The van der Waals surface area contributed by atoms with Crippen LogP contribution in [-0.4, -0.2) is 24.2 Å². The third-order valence-electron chi connectivity index (χ3n) is 1.16. The molecule has 0 unspecified atom stereocenters. The van der Waals surface area contributed by atoms with Crippen LogP contribution in [0.2, 0.25) is 0 Å². The van der Waals surface area contributed by atoms with Gasteiger partial charge in [0, 0.05) is 13.3 Å². The maximum Gasteiger partial charge on any atom is 0.510 e. The van der Waals surface area contributed by atoms with Crippen LogP contribution in [0.25, 0.3) is 0 Å². The van der Waals surface area contributed by atoms with Crippen LogP contribution in [0, 0.1) is 0 Å². The average molecular weight is 137 g/mol. The highest BCUT2D eigenvalue weighted by Crippen LogP contribution is 1.80. The molecule has 0 aliphatic rings. The molecule has 0 atom stereocenters. The molecule has 0 bridgehead atoms. The molecule has 0 saturated heterocycles. The van der Waals surface area contributed by atoms with Gasteiger partial charge in [-0.1, -0.05) is 6.07 Å². The van der Waals surface area contributed by atoms with E-state index in [2.05, 4.69) is 9.64 Å². The van der Waals surface area contributed by atoms with E-state index in [0.29, 0.717) is 5.59 Å². The first-order valence-electron chi connectivity index (χ1n) is 2.96. The Hall–Kier alpha value is -0.865. The van der Waals surface area contributed by atoms with Gasteiger partial charge in [-0.05, 0) is 12.1 Å². The fourth-order valence-corrected chi connectivity index (χ4v) is 0.643. The molecule has 1 aromatic rings. The Kier molecular flexibility index (Phi) is 2.42. The van der Waals surface area contributed by atoms with E-state index in [-0.39, 0.29) is 0 Å². The molecule has 0 fully saturated rings. The lowest BCUT2D eigenvalue weighted by Crippen LogP contribution is -2.34. The molecule has 1 aromatic heterocycles. The molecule has 0 radical (unpaired) electrons. The number of hydrogen-bond donors (Lipinski definition) is 1. The highest BCUT2D eigenvalue weighted by molar-refractivity contribution is 6.58. The standard InChI is InChI=1S/C6H8BNO2/c1-10-7(9)6-4-2-3-5-8-6/h2-5,9H,1H3. The minimum atomic E-state index is -0.902. The third-order valence-corrected chi connectivity index (χ3v) is 1.16. The van der Waals surface area contributed by atoms with E-state index in [1.165, 1.54) is 7.11 Å². The molecule has 10 heavy (non-hydrogen) atoms. The monoisotopic (exact) mass is 137 g/mol. The van der Waals surface area contributed by atoms with Gasteiger partial charge in [-0.3, -0.25) is 4.98 Å². The second-order valence-corrected chi connectivity index (χ2v) is 1.84. The average Bonchev–Trinajstić information content (AvgIpc) is 2.05. The molecule has 0 aliphatic heterocycles. The lowest BCUT2D eigenvalue weighted by molar-refractivity contribution is 0.340. The molecule has 1 rings (SSSR count). The Bertz CT molecular complexity index is 192. The zero-order chi connectivity index (χ0) is 7.40. The molecule has 0 aromatic carbocycles. The van der Waals surface area contributed by atoms with Gasteiger partial charge in [-0.25, -0.2) is 0 Å². The minimum Gasteiger partial charge on any atom is -0.422 e. The van der Waals surface area contributed by atoms with Crippen LogP contribution in [0.15, 0.2) is 24.4 Å². The van der Waals surface area contributed by atoms with Crippen molar-refractivity contribution in [1.82, 2.24) is 4.98 Å². The summed E-state index contributed by atoms with van der Waals surface area (Å²) < 4.78 is 4.63. The predicted molar refractivity (Wildman–Crippen MR) is 38.9 cm³/mol. The summed E-state index contributed by atoms with van der Waals surface area (Å²) in [5, 5.41) is 9.04. The topological polar surface area (TPSA) is 42.4 Å². The predicted octanol–water partition coefficient (Wildman–Crippen LogP) is -0.585. The number of pyridine rings is 1. The van der Waals surface area contributed by atoms with Crippen molar-refractivity contribution in [2.45, 2.75) is 0 Å². The van der Waals surface area contributed by atoms with Crippen molar-refractivity contribution in [3.63, 3.8) is 0 Å². The molecule has 1 N–H and O–H groups in total. The number of hydrogen-bond acceptors (Lipinski definition) is 3. The Morgan fingerprint density at radius 1 is 1.60 bits per heavy atom. The quantitative estimate of drug-likeness (QED) is 0.554. The molecule has 1 heterocycles. The van der Waals surface area contributed by atoms with Crippen LogP contribution in [0.3, 0.4) is 0 Å². The van der Waals surface area contributed by atoms with Crippen LogP contribution in [-0.2, 0) is 4.65 Å². The van der Waals surface area contributed by atoms with Gasteiger partial charge in [0.1, 0.15) is 0 Å². The highest BCUT2D eigenvalue weighted by atomic mass is 16.5. The summed E-state index contributed by atoms with van der Waals surface area (Å²) in [6.07, 6.45) is 1.61. The van der Waals surface area contributed by atoms with Crippen molar-refractivity contribution in [2.75, 3.05) is 7.11 Å². The number of aromatic nitrogens is 1. The summed E-state index contributed by atoms with van der Waals surface area (Å²) in [6, 6.07) is 5.28. The molecule has 0 aliphatic carbocycles. The van der Waals surface area contributed by atoms with E-state index in [0.717, 1.165) is 0 Å². The lowest BCUT2D eigenvalue weighted by atomic mass is 9.85. The summed E-state index contributed by atoms with van der Waals surface area (Å²) in [5.74, 6) is 0. The van der Waals surface area contributed by atoms with Crippen molar-refractivity contribution in [2.24, 2.45) is 0 Å². The Labute approximate surface area is 59.8 Å². The summed E-state index contributed by atoms with van der Waals surface area (Å²) in [6.45, 7) is 0. The number of nitrogens with zero attached hydrogens (tertiary/aromatic N) is 1. The fraction of sp³-hybridized carbons (Fsp3) is 0.167. The zero-order valence-electron chi connectivity index (χ0n) is 5.69. The zero-order valence-corrected chi connectivity index (χ0v) is 5.69. The van der Waals surface area contributed by atoms with Crippen molar-refractivity contribution in [3.05, 3.63) is 24.4 Å². The minimum absolute atomic E-state index is 0.532. The van der Waals surface area contributed by atoms with Gasteiger partial charge in [0.25, 0.3) is 0 Å². The first-order valence-corrected chi connectivity index (χ1v) is 2.96. The molecule has 0 spiro atoms. The van der Waals surface area contributed by atoms with Crippen molar-refractivity contribution in [1.29, 1.82) is 0 Å². The Balaban J connectivity index is 2.75. The van der Waals surface area contributed by atoms with Crippen molar-refractivity contribution >= 4 is 12.7 Å². The maximum atomic E-state index is 9.04. The molecule has 0 amide bonds. The second kappa shape index (κ2) is 3.34. The normalized spacial score (nSPS) is 9.40. The summed E-state index contributed by atoms with van der Waals surface area (Å²) in [7, 11) is 0.528. The van der Waals surface area contributed by atoms with E-state index < -0.39 is 7.12 Å². The molecule has 0 saturated carbocycles. The van der Waals surface area contributed by atoms with Crippen LogP contribution in [0.1, 0.15) is 0 Å². The van der Waals surface area contributed by atoms with Gasteiger partial charge in [0.2, 0.25) is 0 Å². The third kappa shape index (κ3) is 1.56. The summed E-state index contributed by atoms with van der Waals surface area (Å²) in [4.78, 5) is 3.87. The van der Waals surface area contributed by atoms with E-state index in [4.69, 9.17) is 5.02 Å². The second-order valence-electron chi connectivity index (χ2n) is 1.84. The van der Waals surface area contributed by atoms with E-state index in [1.807, 2.05) is 0 Å². The van der Waals surface area contributed by atoms with Gasteiger partial charge in [0.15, 0.2) is 0 Å². The fourth-order valence-electron chi connectivity index (χ4n) is 0.643. The smallest absolute Gasteiger partial charge is 0.422 e. The van der Waals surface area contributed by atoms with Crippen LogP contribution in [0.5, 0.6) is 0 Å². The first kappa shape index (κ1) is 7.24. The van der Waals surface area contributed by atoms with Crippen LogP contribution in [0.4, 0.5) is 0 Å². The molecular formula is C6H8BNO2. The van der Waals surface area contributed by atoms with Gasteiger partial charge in [-0.2, -0.15) is 0 Å². The van der Waals surface area contributed by atoms with Gasteiger partial charge in [-0.15, -0.1) is 0 Å². The van der Waals surface area contributed by atoms with E-state index in [1.54, 1.807) is 24.4 Å². The Morgan fingerprint density at radius 2 is 2.40 bits per heavy atom. The van der Waals surface area contributed by atoms with Gasteiger partial charge in [0.05, 0.1) is 5.59 Å². The molecule has 3 nitrogen and oxygen atoms in total. The largest absolute Gasteiger partial charge is 0.510 e. The van der Waals surface area contributed by atoms with Crippen molar-refractivity contribution in [3.8, 4) is 0 Å². The SMILES string of the molecule is COB(O)c1ccccn1. The van der Waals surface area contributed by atoms with E-state index >= 15 is 0 Å². The molecular weight excluding hydrogens is 129 g/mol. The van der Waals surface area contributed by atoms with Crippen LogP contribution >= 0.6 is 0 Å². The van der Waals surface area contributed by atoms with Crippen LogP contribution < -0.4 is 5.59 Å². The summed E-state index contributed by atoms with van der Waals surface area (Å²) in [5.41, 5.74) is 0.532. The molecule has 4 heteroatoms. The Morgan fingerprint density at radius 3 is 2.90 bits per heavy atom. The van der Waals surface area contributed by atoms with Gasteiger partial charge < -0.3 is 9.68 Å². The number of rotatable bonds is 2.